The lowest BCUT2D eigenvalue weighted by Gasteiger charge is -2.26. The fourth-order valence-corrected chi connectivity index (χ4v) is 3.44. The molecule has 6 nitrogen and oxygen atoms in total. The number of likely N-dealkylation sites (N-methyl/N-ethyl adjacent to an activating group) is 1. The topological polar surface area (TPSA) is 60.9 Å². The molecule has 1 atom stereocenters. The number of nitrogens with one attached hydrogen (secondary N) is 1. The van der Waals surface area contributed by atoms with Gasteiger partial charge in [0.25, 0.3) is 0 Å². The zero-order valence-electron chi connectivity index (χ0n) is 12.8. The lowest BCUT2D eigenvalue weighted by molar-refractivity contribution is 0.684. The minimum absolute atomic E-state index is 0.437. The highest BCUT2D eigenvalue weighted by atomic mass is 127. The van der Waals surface area contributed by atoms with Gasteiger partial charge < -0.3 is 14.8 Å². The van der Waals surface area contributed by atoms with E-state index in [4.69, 9.17) is 0 Å². The number of pyridine rings is 1. The molecule has 0 bridgehead atoms. The fourth-order valence-electron chi connectivity index (χ4n) is 3.12. The highest BCUT2D eigenvalue weighted by Crippen LogP contribution is 2.28. The third-order valence-corrected chi connectivity index (χ3v) is 5.05. The van der Waals surface area contributed by atoms with Crippen LogP contribution in [0.2, 0.25) is 0 Å². The molecule has 1 saturated heterocycles. The first kappa shape index (κ1) is 14.7. The van der Waals surface area contributed by atoms with E-state index in [-0.39, 0.29) is 0 Å². The van der Waals surface area contributed by atoms with Crippen molar-refractivity contribution in [2.45, 2.75) is 12.5 Å². The van der Waals surface area contributed by atoms with Crippen LogP contribution in [-0.2, 0) is 0 Å². The zero-order chi connectivity index (χ0) is 15.8. The lowest BCUT2D eigenvalue weighted by Crippen LogP contribution is -2.35. The Labute approximate surface area is 148 Å². The molecule has 1 unspecified atom stereocenters. The minimum atomic E-state index is 0.437. The van der Waals surface area contributed by atoms with Crippen molar-refractivity contribution in [2.75, 3.05) is 29.9 Å². The molecule has 0 aromatic carbocycles. The van der Waals surface area contributed by atoms with Crippen LogP contribution in [-0.4, -0.2) is 46.1 Å². The molecule has 7 heteroatoms. The Morgan fingerprint density at radius 2 is 2.17 bits per heavy atom. The van der Waals surface area contributed by atoms with E-state index in [0.717, 1.165) is 45.7 Å². The molecule has 0 aliphatic carbocycles. The van der Waals surface area contributed by atoms with Crippen molar-refractivity contribution in [1.82, 2.24) is 19.9 Å². The maximum atomic E-state index is 4.53. The van der Waals surface area contributed by atoms with Gasteiger partial charge in [-0.15, -0.1) is 0 Å². The zero-order valence-corrected chi connectivity index (χ0v) is 14.9. The molecule has 4 heterocycles. The van der Waals surface area contributed by atoms with Crippen LogP contribution >= 0.6 is 22.6 Å². The lowest BCUT2D eigenvalue weighted by atomic mass is 10.2. The van der Waals surface area contributed by atoms with E-state index >= 15 is 0 Å². The van der Waals surface area contributed by atoms with Gasteiger partial charge in [0.05, 0.1) is 5.39 Å². The summed E-state index contributed by atoms with van der Waals surface area (Å²) >= 11 is 2.28. The van der Waals surface area contributed by atoms with Gasteiger partial charge >= 0.3 is 0 Å². The number of fused-ring (bicyclic) bond motifs is 1. The number of rotatable bonds is 3. The molecule has 0 amide bonds. The Morgan fingerprint density at radius 3 is 3.00 bits per heavy atom. The van der Waals surface area contributed by atoms with Crippen molar-refractivity contribution in [3.63, 3.8) is 0 Å². The van der Waals surface area contributed by atoms with Gasteiger partial charge in [0.1, 0.15) is 23.6 Å². The maximum absolute atomic E-state index is 4.53. The first-order valence-corrected chi connectivity index (χ1v) is 8.67. The van der Waals surface area contributed by atoms with Crippen molar-refractivity contribution in [2.24, 2.45) is 0 Å². The average Bonchev–Trinajstić information content (AvgIpc) is 3.24. The van der Waals surface area contributed by atoms with Gasteiger partial charge in [0.2, 0.25) is 0 Å². The molecule has 1 aliphatic heterocycles. The number of hydrogen-bond donors (Lipinski definition) is 1. The second-order valence-electron chi connectivity index (χ2n) is 5.77. The van der Waals surface area contributed by atoms with Gasteiger partial charge in [0, 0.05) is 42.1 Å². The number of anilines is 2. The maximum Gasteiger partial charge on any atom is 0.142 e. The van der Waals surface area contributed by atoms with Crippen LogP contribution < -0.4 is 9.80 Å². The second kappa shape index (κ2) is 5.95. The Bertz CT molecular complexity index is 815. The van der Waals surface area contributed by atoms with Crippen LogP contribution in [0, 0.1) is 3.57 Å². The molecule has 4 rings (SSSR count). The molecule has 23 heavy (non-hydrogen) atoms. The van der Waals surface area contributed by atoms with Crippen molar-refractivity contribution >= 4 is 45.3 Å². The molecule has 0 spiro atoms. The summed E-state index contributed by atoms with van der Waals surface area (Å²) in [6.07, 6.45) is 6.55. The first-order chi connectivity index (χ1) is 11.2. The first-order valence-electron chi connectivity index (χ1n) is 7.60. The van der Waals surface area contributed by atoms with Crippen LogP contribution in [0.4, 0.5) is 11.6 Å². The Balaban J connectivity index is 1.55. The molecule has 1 aliphatic rings. The molecule has 0 radical (unpaired) electrons. The van der Waals surface area contributed by atoms with E-state index in [1.54, 1.807) is 6.33 Å². The molecule has 1 fully saturated rings. The predicted octanol–water partition coefficient (Wildman–Crippen LogP) is 2.67. The summed E-state index contributed by atoms with van der Waals surface area (Å²) in [5.41, 5.74) is 0.895. The molecule has 0 saturated carbocycles. The van der Waals surface area contributed by atoms with Gasteiger partial charge in [0.15, 0.2) is 0 Å². The summed E-state index contributed by atoms with van der Waals surface area (Å²) in [7, 11) is 2.12. The number of nitrogens with zero attached hydrogens (tertiary/aromatic N) is 5. The number of H-pyrrole nitrogens is 1. The van der Waals surface area contributed by atoms with E-state index in [9.17, 15) is 0 Å². The van der Waals surface area contributed by atoms with Crippen molar-refractivity contribution in [1.29, 1.82) is 0 Å². The Morgan fingerprint density at radius 1 is 1.26 bits per heavy atom. The third kappa shape index (κ3) is 2.73. The SMILES string of the molecule is CN(c1ccc(I)cn1)C1CCN(c2ncnc3[nH]ccc23)C1. The number of halogens is 1. The van der Waals surface area contributed by atoms with Crippen LogP contribution in [0.3, 0.4) is 0 Å². The summed E-state index contributed by atoms with van der Waals surface area (Å²) in [6, 6.07) is 6.66. The summed E-state index contributed by atoms with van der Waals surface area (Å²) in [5.74, 6) is 2.04. The van der Waals surface area contributed by atoms with Crippen molar-refractivity contribution < 1.29 is 0 Å². The minimum Gasteiger partial charge on any atom is -0.355 e. The summed E-state index contributed by atoms with van der Waals surface area (Å²) in [6.45, 7) is 1.94. The van der Waals surface area contributed by atoms with E-state index in [1.165, 1.54) is 0 Å². The molecular formula is C16H17IN6. The number of aromatic nitrogens is 4. The highest BCUT2D eigenvalue weighted by Gasteiger charge is 2.28. The van der Waals surface area contributed by atoms with Gasteiger partial charge in [-0.1, -0.05) is 0 Å². The normalized spacial score (nSPS) is 17.8. The smallest absolute Gasteiger partial charge is 0.142 e. The summed E-state index contributed by atoms with van der Waals surface area (Å²) in [4.78, 5) is 21.1. The van der Waals surface area contributed by atoms with Crippen LogP contribution in [0.15, 0.2) is 36.9 Å². The highest BCUT2D eigenvalue weighted by molar-refractivity contribution is 14.1. The number of hydrogen-bond acceptors (Lipinski definition) is 5. The number of aromatic amines is 1. The monoisotopic (exact) mass is 420 g/mol. The quantitative estimate of drug-likeness (QED) is 0.661. The fraction of sp³-hybridized carbons (Fsp3) is 0.312. The van der Waals surface area contributed by atoms with Gasteiger partial charge in [-0.3, -0.25) is 0 Å². The molecular weight excluding hydrogens is 403 g/mol. The van der Waals surface area contributed by atoms with E-state index in [1.807, 2.05) is 18.5 Å². The van der Waals surface area contributed by atoms with Gasteiger partial charge in [-0.2, -0.15) is 0 Å². The van der Waals surface area contributed by atoms with E-state index in [2.05, 4.69) is 71.5 Å². The average molecular weight is 420 g/mol. The predicted molar refractivity (Wildman–Crippen MR) is 99.9 cm³/mol. The largest absolute Gasteiger partial charge is 0.355 e. The molecule has 3 aromatic heterocycles. The Hall–Kier alpha value is -1.90. The van der Waals surface area contributed by atoms with Crippen molar-refractivity contribution in [3.05, 3.63) is 40.5 Å². The Kier molecular flexibility index (Phi) is 3.80. The van der Waals surface area contributed by atoms with Crippen LogP contribution in [0.5, 0.6) is 0 Å². The summed E-state index contributed by atoms with van der Waals surface area (Å²) < 4.78 is 1.16. The van der Waals surface area contributed by atoms with Crippen LogP contribution in [0.1, 0.15) is 6.42 Å². The standard InChI is InChI=1S/C16H17IN6/c1-22(14-3-2-11(17)8-19-14)12-5-7-23(9-12)16-13-4-6-18-15(13)20-10-21-16/h2-4,6,8,10,12H,5,7,9H2,1H3,(H,18,20,21). The third-order valence-electron chi connectivity index (χ3n) is 4.42. The van der Waals surface area contributed by atoms with E-state index in [0.29, 0.717) is 6.04 Å². The second-order valence-corrected chi connectivity index (χ2v) is 7.02. The van der Waals surface area contributed by atoms with Gasteiger partial charge in [-0.25, -0.2) is 15.0 Å². The van der Waals surface area contributed by atoms with E-state index < -0.39 is 0 Å². The van der Waals surface area contributed by atoms with Crippen molar-refractivity contribution in [3.8, 4) is 0 Å². The van der Waals surface area contributed by atoms with Crippen LogP contribution in [0.25, 0.3) is 11.0 Å². The summed E-state index contributed by atoms with van der Waals surface area (Å²) in [5, 5.41) is 1.09. The molecule has 1 N–H and O–H groups in total. The van der Waals surface area contributed by atoms with Gasteiger partial charge in [-0.05, 0) is 47.2 Å². The molecule has 3 aromatic rings. The molecule has 118 valence electrons.